The number of rotatable bonds is 4. The molecule has 1 unspecified atom stereocenters. The van der Waals surface area contributed by atoms with Crippen molar-refractivity contribution in [1.82, 2.24) is 0 Å². The minimum Gasteiger partial charge on any atom is -0.366 e. The molecule has 2 aromatic carbocycles. The fourth-order valence-electron chi connectivity index (χ4n) is 4.02. The first-order valence-corrected chi connectivity index (χ1v) is 9.43. The van der Waals surface area contributed by atoms with E-state index in [0.29, 0.717) is 5.92 Å². The van der Waals surface area contributed by atoms with Crippen molar-refractivity contribution in [2.75, 3.05) is 11.4 Å². The monoisotopic (exact) mass is 334 g/mol. The van der Waals surface area contributed by atoms with E-state index in [9.17, 15) is 0 Å². The molecule has 1 aliphatic heterocycles. The highest BCUT2D eigenvalue weighted by molar-refractivity contribution is 5.83. The summed E-state index contributed by atoms with van der Waals surface area (Å²) in [7, 11) is 0. The number of anilines is 1. The first-order valence-electron chi connectivity index (χ1n) is 9.43. The first-order chi connectivity index (χ1) is 11.9. The molecule has 0 aromatic heterocycles. The molecular formula is C23H30N2. The zero-order valence-corrected chi connectivity index (χ0v) is 16.2. The van der Waals surface area contributed by atoms with Crippen molar-refractivity contribution < 1.29 is 0 Å². The van der Waals surface area contributed by atoms with Crippen molar-refractivity contribution in [1.29, 1.82) is 0 Å². The van der Waals surface area contributed by atoms with Gasteiger partial charge in [0.15, 0.2) is 0 Å². The molecule has 0 radical (unpaired) electrons. The van der Waals surface area contributed by atoms with E-state index in [1.165, 1.54) is 35.2 Å². The van der Waals surface area contributed by atoms with Crippen molar-refractivity contribution in [3.8, 4) is 0 Å². The summed E-state index contributed by atoms with van der Waals surface area (Å²) in [5, 5.41) is 0. The maximum absolute atomic E-state index is 4.64. The van der Waals surface area contributed by atoms with Crippen LogP contribution < -0.4 is 4.90 Å². The second-order valence-electron chi connectivity index (χ2n) is 7.98. The number of hydrogen-bond donors (Lipinski definition) is 0. The third kappa shape index (κ3) is 3.78. The lowest BCUT2D eigenvalue weighted by Crippen LogP contribution is -2.48. The summed E-state index contributed by atoms with van der Waals surface area (Å²) >= 11 is 0. The number of fused-ring (bicyclic) bond motifs is 1. The average Bonchev–Trinajstić information content (AvgIpc) is 2.58. The lowest BCUT2D eigenvalue weighted by Gasteiger charge is -2.47. The Morgan fingerprint density at radius 3 is 2.56 bits per heavy atom. The topological polar surface area (TPSA) is 15.6 Å². The second-order valence-corrected chi connectivity index (χ2v) is 7.98. The van der Waals surface area contributed by atoms with Crippen molar-refractivity contribution in [2.45, 2.75) is 58.9 Å². The minimum atomic E-state index is 0.222. The van der Waals surface area contributed by atoms with Crippen LogP contribution in [0, 0.1) is 6.92 Å². The van der Waals surface area contributed by atoms with E-state index in [1.54, 1.807) is 0 Å². The number of benzene rings is 2. The number of hydrogen-bond acceptors (Lipinski definition) is 2. The molecule has 2 aromatic rings. The van der Waals surface area contributed by atoms with Gasteiger partial charge in [0.2, 0.25) is 0 Å². The predicted octanol–water partition coefficient (Wildman–Crippen LogP) is 6.25. The Balaban J connectivity index is 1.90. The Morgan fingerprint density at radius 1 is 1.16 bits per heavy atom. The van der Waals surface area contributed by atoms with Gasteiger partial charge in [-0.1, -0.05) is 37.6 Å². The molecule has 0 saturated carbocycles. The number of nitrogens with zero attached hydrogens (tertiary/aromatic N) is 2. The summed E-state index contributed by atoms with van der Waals surface area (Å²) in [6, 6.07) is 15.2. The van der Waals surface area contributed by atoms with Crippen LogP contribution in [0.4, 0.5) is 11.4 Å². The van der Waals surface area contributed by atoms with E-state index in [4.69, 9.17) is 0 Å². The Bertz CT molecular complexity index is 756. The average molecular weight is 335 g/mol. The number of aliphatic imine (C=N–C) groups is 1. The van der Waals surface area contributed by atoms with Crippen LogP contribution in [0.2, 0.25) is 0 Å². The molecule has 2 nitrogen and oxygen atoms in total. The third-order valence-corrected chi connectivity index (χ3v) is 5.25. The molecule has 1 atom stereocenters. The molecule has 3 rings (SSSR count). The molecule has 1 aliphatic rings. The molecule has 0 bridgehead atoms. The zero-order chi connectivity index (χ0) is 18.0. The van der Waals surface area contributed by atoms with E-state index >= 15 is 0 Å². The van der Waals surface area contributed by atoms with E-state index in [1.807, 2.05) is 6.21 Å². The van der Waals surface area contributed by atoms with Gasteiger partial charge in [0.05, 0.1) is 5.69 Å². The summed E-state index contributed by atoms with van der Waals surface area (Å²) in [5.74, 6) is 0.575. The standard InChI is InChI=1S/C23H30N2/c1-6-13-25-22-12-9-19(14-21(22)18(3)15-23(25,4)5)16-24-20-10-7-17(2)8-11-20/h7-12,14,16,18H,6,13,15H2,1-5H3. The maximum Gasteiger partial charge on any atom is 0.0630 e. The van der Waals surface area contributed by atoms with Crippen LogP contribution in [0.1, 0.15) is 63.1 Å². The van der Waals surface area contributed by atoms with Gasteiger partial charge in [0.25, 0.3) is 0 Å². The third-order valence-electron chi connectivity index (χ3n) is 5.25. The van der Waals surface area contributed by atoms with Crippen molar-refractivity contribution in [3.05, 3.63) is 59.2 Å². The SMILES string of the molecule is CCCN1c2ccc(C=Nc3ccc(C)cc3)cc2C(C)CC1(C)C. The second kappa shape index (κ2) is 7.03. The van der Waals surface area contributed by atoms with Gasteiger partial charge in [-0.3, -0.25) is 4.99 Å². The molecule has 2 heteroatoms. The molecule has 0 aliphatic carbocycles. The summed E-state index contributed by atoms with van der Waals surface area (Å²) in [5.41, 5.74) is 6.53. The summed E-state index contributed by atoms with van der Waals surface area (Å²) in [4.78, 5) is 7.22. The predicted molar refractivity (Wildman–Crippen MR) is 110 cm³/mol. The highest BCUT2D eigenvalue weighted by atomic mass is 15.2. The van der Waals surface area contributed by atoms with Gasteiger partial charge in [0.1, 0.15) is 0 Å². The van der Waals surface area contributed by atoms with Crippen molar-refractivity contribution in [2.24, 2.45) is 4.99 Å². The zero-order valence-electron chi connectivity index (χ0n) is 16.2. The van der Waals surface area contributed by atoms with Crippen LogP contribution >= 0.6 is 0 Å². The van der Waals surface area contributed by atoms with Crippen LogP contribution in [-0.2, 0) is 0 Å². The molecule has 0 saturated heterocycles. The van der Waals surface area contributed by atoms with E-state index in [0.717, 1.165) is 12.2 Å². The molecule has 1 heterocycles. The highest BCUT2D eigenvalue weighted by Crippen LogP contribution is 2.43. The Hall–Kier alpha value is -2.09. The number of aryl methyl sites for hydroxylation is 1. The summed E-state index contributed by atoms with van der Waals surface area (Å²) in [6.07, 6.45) is 4.36. The van der Waals surface area contributed by atoms with E-state index in [2.05, 4.69) is 87.0 Å². The van der Waals surface area contributed by atoms with Crippen LogP contribution in [-0.4, -0.2) is 18.3 Å². The lowest BCUT2D eigenvalue weighted by atomic mass is 9.79. The fraction of sp³-hybridized carbons (Fsp3) is 0.435. The quantitative estimate of drug-likeness (QED) is 0.604. The van der Waals surface area contributed by atoms with Gasteiger partial charge in [0, 0.05) is 24.0 Å². The molecule has 132 valence electrons. The van der Waals surface area contributed by atoms with Gasteiger partial charge in [-0.05, 0) is 74.9 Å². The summed E-state index contributed by atoms with van der Waals surface area (Å²) < 4.78 is 0. The highest BCUT2D eigenvalue weighted by Gasteiger charge is 2.35. The summed E-state index contributed by atoms with van der Waals surface area (Å²) in [6.45, 7) is 12.6. The van der Waals surface area contributed by atoms with Crippen LogP contribution in [0.25, 0.3) is 0 Å². The van der Waals surface area contributed by atoms with Crippen LogP contribution in [0.5, 0.6) is 0 Å². The van der Waals surface area contributed by atoms with Crippen molar-refractivity contribution in [3.63, 3.8) is 0 Å². The minimum absolute atomic E-state index is 0.222. The van der Waals surface area contributed by atoms with Gasteiger partial charge < -0.3 is 4.90 Å². The normalized spacial score (nSPS) is 19.2. The van der Waals surface area contributed by atoms with Crippen LogP contribution in [0.3, 0.4) is 0 Å². The Labute approximate surface area is 152 Å². The molecular weight excluding hydrogens is 304 g/mol. The van der Waals surface area contributed by atoms with Gasteiger partial charge in [-0.25, -0.2) is 0 Å². The van der Waals surface area contributed by atoms with Gasteiger partial charge >= 0.3 is 0 Å². The lowest BCUT2D eigenvalue weighted by molar-refractivity contribution is 0.376. The largest absolute Gasteiger partial charge is 0.366 e. The molecule has 0 fully saturated rings. The molecule has 0 amide bonds. The Kier molecular flexibility index (Phi) is 4.99. The first kappa shape index (κ1) is 17.7. The molecule has 0 N–H and O–H groups in total. The maximum atomic E-state index is 4.64. The Morgan fingerprint density at radius 2 is 1.88 bits per heavy atom. The van der Waals surface area contributed by atoms with E-state index < -0.39 is 0 Å². The van der Waals surface area contributed by atoms with Crippen LogP contribution in [0.15, 0.2) is 47.5 Å². The van der Waals surface area contributed by atoms with Crippen molar-refractivity contribution >= 4 is 17.6 Å². The fourth-order valence-corrected chi connectivity index (χ4v) is 4.02. The molecule has 0 spiro atoms. The van der Waals surface area contributed by atoms with Gasteiger partial charge in [-0.2, -0.15) is 0 Å². The van der Waals surface area contributed by atoms with E-state index in [-0.39, 0.29) is 5.54 Å². The molecule has 25 heavy (non-hydrogen) atoms. The van der Waals surface area contributed by atoms with Gasteiger partial charge in [-0.15, -0.1) is 0 Å². The smallest absolute Gasteiger partial charge is 0.0630 e.